The number of likely N-dealkylation sites (N-methyl/N-ethyl adjacent to an activating group) is 1. The molecule has 7 nitrogen and oxygen atoms in total. The van der Waals surface area contributed by atoms with E-state index in [4.69, 9.17) is 4.42 Å². The fourth-order valence-electron chi connectivity index (χ4n) is 2.57. The van der Waals surface area contributed by atoms with Crippen LogP contribution >= 0.6 is 11.3 Å². The maximum Gasteiger partial charge on any atom is 0.419 e. The minimum absolute atomic E-state index is 0.0619. The molecule has 0 fully saturated rings. The van der Waals surface area contributed by atoms with Crippen LogP contribution in [0.5, 0.6) is 0 Å². The summed E-state index contributed by atoms with van der Waals surface area (Å²) in [4.78, 5) is 14.7. The van der Waals surface area contributed by atoms with E-state index in [1.807, 2.05) is 36.5 Å². The van der Waals surface area contributed by atoms with Gasteiger partial charge in [0, 0.05) is 24.5 Å². The molecule has 2 heterocycles. The van der Waals surface area contributed by atoms with E-state index in [2.05, 4.69) is 4.72 Å². The third-order valence-corrected chi connectivity index (χ3v) is 6.43. The van der Waals surface area contributed by atoms with Crippen molar-refractivity contribution in [1.29, 1.82) is 0 Å². The third kappa shape index (κ3) is 3.54. The zero-order valence-corrected chi connectivity index (χ0v) is 15.7. The second-order valence-corrected chi connectivity index (χ2v) is 8.65. The van der Waals surface area contributed by atoms with E-state index < -0.39 is 15.8 Å². The number of aryl methyl sites for hydroxylation is 1. The summed E-state index contributed by atoms with van der Waals surface area (Å²) < 4.78 is 34.3. The van der Waals surface area contributed by atoms with Gasteiger partial charge in [-0.3, -0.25) is 4.57 Å². The first kappa shape index (κ1) is 17.9. The Hall–Kier alpha value is -1.94. The van der Waals surface area contributed by atoms with E-state index in [-0.39, 0.29) is 23.1 Å². The van der Waals surface area contributed by atoms with Crippen molar-refractivity contribution in [3.05, 3.63) is 51.1 Å². The van der Waals surface area contributed by atoms with Crippen LogP contribution in [0, 0.1) is 0 Å². The SMILES string of the molecule is CN(C)C(CNS(=O)(=O)c1ccc2c(c1)oc(=O)n2C)c1cccs1. The Labute approximate surface area is 149 Å². The van der Waals surface area contributed by atoms with E-state index in [1.165, 1.54) is 16.7 Å². The fourth-order valence-corrected chi connectivity index (χ4v) is 4.55. The molecule has 0 saturated heterocycles. The number of thiophene rings is 1. The molecule has 0 bridgehead atoms. The Morgan fingerprint density at radius 3 is 2.72 bits per heavy atom. The summed E-state index contributed by atoms with van der Waals surface area (Å²) in [7, 11) is 1.67. The summed E-state index contributed by atoms with van der Waals surface area (Å²) in [6, 6.07) is 8.26. The van der Waals surface area contributed by atoms with Crippen molar-refractivity contribution in [1.82, 2.24) is 14.2 Å². The first-order chi connectivity index (χ1) is 11.8. The smallest absolute Gasteiger partial charge is 0.408 e. The Morgan fingerprint density at radius 2 is 2.08 bits per heavy atom. The lowest BCUT2D eigenvalue weighted by molar-refractivity contribution is 0.303. The number of rotatable bonds is 6. The lowest BCUT2D eigenvalue weighted by Crippen LogP contribution is -2.34. The highest BCUT2D eigenvalue weighted by atomic mass is 32.2. The topological polar surface area (TPSA) is 84.6 Å². The Kier molecular flexibility index (Phi) is 4.83. The van der Waals surface area contributed by atoms with Crippen molar-refractivity contribution in [2.45, 2.75) is 10.9 Å². The van der Waals surface area contributed by atoms with Gasteiger partial charge in [0.1, 0.15) is 0 Å². The molecule has 0 aliphatic carbocycles. The van der Waals surface area contributed by atoms with Crippen molar-refractivity contribution >= 4 is 32.5 Å². The molecule has 134 valence electrons. The van der Waals surface area contributed by atoms with E-state index in [0.717, 1.165) is 4.88 Å². The second-order valence-electron chi connectivity index (χ2n) is 5.90. The molecule has 0 aliphatic heterocycles. The largest absolute Gasteiger partial charge is 0.419 e. The summed E-state index contributed by atoms with van der Waals surface area (Å²) >= 11 is 1.58. The van der Waals surface area contributed by atoms with Gasteiger partial charge in [0.15, 0.2) is 5.58 Å². The molecule has 0 spiro atoms. The number of nitrogens with one attached hydrogen (secondary N) is 1. The average molecular weight is 381 g/mol. The van der Waals surface area contributed by atoms with E-state index in [9.17, 15) is 13.2 Å². The van der Waals surface area contributed by atoms with Gasteiger partial charge in [0.25, 0.3) is 0 Å². The fraction of sp³-hybridized carbons (Fsp3) is 0.312. The van der Waals surface area contributed by atoms with Gasteiger partial charge in [-0.15, -0.1) is 11.3 Å². The van der Waals surface area contributed by atoms with E-state index in [1.54, 1.807) is 24.5 Å². The van der Waals surface area contributed by atoms with Gasteiger partial charge in [-0.05, 0) is 37.7 Å². The molecule has 3 aromatic rings. The normalized spacial score (nSPS) is 13.6. The number of hydrogen-bond acceptors (Lipinski definition) is 6. The number of aromatic nitrogens is 1. The maximum absolute atomic E-state index is 12.6. The molecule has 2 aromatic heterocycles. The standard InChI is InChI=1S/C16H19N3O4S2/c1-18(2)13(15-5-4-8-24-15)10-17-25(21,22)11-6-7-12-14(9-11)23-16(20)19(12)3/h4-9,13,17H,10H2,1-3H3. The molecular formula is C16H19N3O4S2. The molecule has 1 unspecified atom stereocenters. The average Bonchev–Trinajstić information content (AvgIpc) is 3.16. The summed E-state index contributed by atoms with van der Waals surface area (Å²) in [6.07, 6.45) is 0. The van der Waals surface area contributed by atoms with Crippen molar-refractivity contribution in [3.63, 3.8) is 0 Å². The van der Waals surface area contributed by atoms with Gasteiger partial charge in [0.05, 0.1) is 16.5 Å². The molecule has 0 amide bonds. The van der Waals surface area contributed by atoms with Crippen molar-refractivity contribution in [2.24, 2.45) is 7.05 Å². The van der Waals surface area contributed by atoms with Crippen molar-refractivity contribution in [2.75, 3.05) is 20.6 Å². The predicted octanol–water partition coefficient (Wildman–Crippen LogP) is 1.77. The number of nitrogens with zero attached hydrogens (tertiary/aromatic N) is 2. The first-order valence-electron chi connectivity index (χ1n) is 7.58. The Morgan fingerprint density at radius 1 is 1.32 bits per heavy atom. The minimum atomic E-state index is -3.72. The van der Waals surface area contributed by atoms with Crippen LogP contribution in [0.3, 0.4) is 0 Å². The van der Waals surface area contributed by atoms with Gasteiger partial charge in [-0.1, -0.05) is 6.07 Å². The lowest BCUT2D eigenvalue weighted by Gasteiger charge is -2.23. The minimum Gasteiger partial charge on any atom is -0.408 e. The molecule has 1 atom stereocenters. The molecular weight excluding hydrogens is 362 g/mol. The van der Waals surface area contributed by atoms with Crippen LogP contribution in [0.1, 0.15) is 10.9 Å². The van der Waals surface area contributed by atoms with Crippen LogP contribution in [0.15, 0.2) is 49.8 Å². The highest BCUT2D eigenvalue weighted by molar-refractivity contribution is 7.89. The zero-order chi connectivity index (χ0) is 18.2. The Bertz CT molecular complexity index is 1030. The van der Waals surface area contributed by atoms with Crippen LogP contribution in [-0.4, -0.2) is 38.5 Å². The number of fused-ring (bicyclic) bond motifs is 1. The van der Waals surface area contributed by atoms with Gasteiger partial charge in [-0.2, -0.15) is 0 Å². The van der Waals surface area contributed by atoms with Gasteiger partial charge in [-0.25, -0.2) is 17.9 Å². The summed E-state index contributed by atoms with van der Waals surface area (Å²) in [5.74, 6) is -0.525. The molecule has 0 radical (unpaired) electrons. The van der Waals surface area contributed by atoms with E-state index in [0.29, 0.717) is 5.52 Å². The van der Waals surface area contributed by atoms with Gasteiger partial charge < -0.3 is 9.32 Å². The molecule has 9 heteroatoms. The first-order valence-corrected chi connectivity index (χ1v) is 9.95. The molecule has 1 aromatic carbocycles. The summed E-state index contributed by atoms with van der Waals surface area (Å²) in [6.45, 7) is 0.243. The van der Waals surface area contributed by atoms with Crippen LogP contribution in [0.25, 0.3) is 11.1 Å². The molecule has 0 aliphatic rings. The number of sulfonamides is 1. The monoisotopic (exact) mass is 381 g/mol. The third-order valence-electron chi connectivity index (χ3n) is 4.04. The summed E-state index contributed by atoms with van der Waals surface area (Å²) in [5.41, 5.74) is 0.798. The van der Waals surface area contributed by atoms with Gasteiger partial charge in [0.2, 0.25) is 10.0 Å². The van der Waals surface area contributed by atoms with Crippen LogP contribution < -0.4 is 10.5 Å². The number of oxazole rings is 1. The molecule has 25 heavy (non-hydrogen) atoms. The lowest BCUT2D eigenvalue weighted by atomic mass is 10.2. The number of hydrogen-bond donors (Lipinski definition) is 1. The van der Waals surface area contributed by atoms with E-state index >= 15 is 0 Å². The highest BCUT2D eigenvalue weighted by Gasteiger charge is 2.21. The van der Waals surface area contributed by atoms with Crippen LogP contribution in [0.2, 0.25) is 0 Å². The van der Waals surface area contributed by atoms with Crippen LogP contribution in [-0.2, 0) is 17.1 Å². The molecule has 0 saturated carbocycles. The Balaban J connectivity index is 1.85. The molecule has 1 N–H and O–H groups in total. The van der Waals surface area contributed by atoms with Crippen molar-refractivity contribution in [3.8, 4) is 0 Å². The van der Waals surface area contributed by atoms with Crippen LogP contribution in [0.4, 0.5) is 0 Å². The van der Waals surface area contributed by atoms with Crippen molar-refractivity contribution < 1.29 is 12.8 Å². The molecule has 3 rings (SSSR count). The number of benzene rings is 1. The quantitative estimate of drug-likeness (QED) is 0.703. The second kappa shape index (κ2) is 6.75. The summed E-state index contributed by atoms with van der Waals surface area (Å²) in [5, 5.41) is 1.96. The highest BCUT2D eigenvalue weighted by Crippen LogP contribution is 2.23. The zero-order valence-electron chi connectivity index (χ0n) is 14.1. The van der Waals surface area contributed by atoms with Gasteiger partial charge >= 0.3 is 5.76 Å². The maximum atomic E-state index is 12.6. The predicted molar refractivity (Wildman–Crippen MR) is 97.4 cm³/mol.